The van der Waals surface area contributed by atoms with Crippen LogP contribution in [0, 0.1) is 28.6 Å². The van der Waals surface area contributed by atoms with Gasteiger partial charge in [-0.25, -0.2) is 0 Å². The molecule has 0 N–H and O–H groups in total. The van der Waals surface area contributed by atoms with Crippen molar-refractivity contribution in [1.82, 2.24) is 0 Å². The maximum Gasteiger partial charge on any atom is 0.159 e. The fraction of sp³-hybridized carbons (Fsp3) is 0.619. The Bertz CT molecular complexity index is 667. The van der Waals surface area contributed by atoms with Crippen molar-refractivity contribution in [2.45, 2.75) is 52.4 Å². The standard InChI is InChI=1S/C21H26O2/c1-4-13-5-6-16-15-12-19(23)18-11-14(22)7-9-21(18,3)17(15)8-10-20(13,16)2/h4-5,11,15-17H,1,6-10,12H2,2-3H3/t15?,16?,17?,20-,21-/m1/s1. The fourth-order valence-corrected chi connectivity index (χ4v) is 6.30. The first-order chi connectivity index (χ1) is 10.9. The molecule has 3 unspecified atom stereocenters. The number of Topliss-reactive ketones (excluding diaryl/α,β-unsaturated/α-hetero) is 1. The summed E-state index contributed by atoms with van der Waals surface area (Å²) in [6.07, 6.45) is 11.6. The quantitative estimate of drug-likeness (QED) is 0.718. The molecule has 0 aliphatic heterocycles. The Morgan fingerprint density at radius 3 is 2.70 bits per heavy atom. The van der Waals surface area contributed by atoms with Gasteiger partial charge in [-0.3, -0.25) is 9.59 Å². The topological polar surface area (TPSA) is 34.1 Å². The molecule has 4 rings (SSSR count). The molecule has 0 aromatic rings. The summed E-state index contributed by atoms with van der Waals surface area (Å²) in [6.45, 7) is 8.63. The van der Waals surface area contributed by atoms with Crippen LogP contribution in [-0.4, -0.2) is 11.6 Å². The van der Waals surface area contributed by atoms with Gasteiger partial charge in [0, 0.05) is 18.4 Å². The normalized spacial score (nSPS) is 45.6. The third kappa shape index (κ3) is 1.87. The Kier molecular flexibility index (Phi) is 3.14. The molecule has 2 fully saturated rings. The molecule has 4 aliphatic carbocycles. The SMILES string of the molecule is C=CC1=CCC2C3CC(=O)C4=CC(=O)CC[C@]4(C)C3CC[C@]12C. The van der Waals surface area contributed by atoms with Gasteiger partial charge in [-0.15, -0.1) is 0 Å². The summed E-state index contributed by atoms with van der Waals surface area (Å²) in [5, 5.41) is 0. The Morgan fingerprint density at radius 2 is 1.96 bits per heavy atom. The molecule has 5 atom stereocenters. The van der Waals surface area contributed by atoms with Crippen LogP contribution >= 0.6 is 0 Å². The Morgan fingerprint density at radius 1 is 1.17 bits per heavy atom. The van der Waals surface area contributed by atoms with E-state index in [9.17, 15) is 9.59 Å². The molecule has 0 aromatic heterocycles. The summed E-state index contributed by atoms with van der Waals surface area (Å²) >= 11 is 0. The van der Waals surface area contributed by atoms with Gasteiger partial charge in [0.15, 0.2) is 11.6 Å². The maximum absolute atomic E-state index is 12.8. The van der Waals surface area contributed by atoms with Crippen molar-refractivity contribution in [3.63, 3.8) is 0 Å². The van der Waals surface area contributed by atoms with Crippen LogP contribution in [0.15, 0.2) is 36.0 Å². The lowest BCUT2D eigenvalue weighted by molar-refractivity contribution is -0.129. The van der Waals surface area contributed by atoms with Crippen LogP contribution < -0.4 is 0 Å². The lowest BCUT2D eigenvalue weighted by atomic mass is 9.46. The van der Waals surface area contributed by atoms with Crippen molar-refractivity contribution >= 4 is 11.6 Å². The van der Waals surface area contributed by atoms with Crippen LogP contribution in [0.4, 0.5) is 0 Å². The number of hydrogen-bond acceptors (Lipinski definition) is 2. The Hall–Kier alpha value is -1.44. The van der Waals surface area contributed by atoms with E-state index < -0.39 is 0 Å². The minimum absolute atomic E-state index is 0.0772. The van der Waals surface area contributed by atoms with E-state index in [1.165, 1.54) is 12.0 Å². The summed E-state index contributed by atoms with van der Waals surface area (Å²) in [5.74, 6) is 1.95. The van der Waals surface area contributed by atoms with Gasteiger partial charge >= 0.3 is 0 Å². The lowest BCUT2D eigenvalue weighted by Crippen LogP contribution is -2.52. The van der Waals surface area contributed by atoms with Crippen LogP contribution in [0.25, 0.3) is 0 Å². The zero-order valence-electron chi connectivity index (χ0n) is 14.2. The molecule has 0 spiro atoms. The number of hydrogen-bond donors (Lipinski definition) is 0. The van der Waals surface area contributed by atoms with E-state index in [0.717, 1.165) is 24.8 Å². The van der Waals surface area contributed by atoms with Crippen molar-refractivity contribution in [2.24, 2.45) is 28.6 Å². The number of rotatable bonds is 1. The van der Waals surface area contributed by atoms with Crippen LogP contribution in [0.2, 0.25) is 0 Å². The summed E-state index contributed by atoms with van der Waals surface area (Å²) in [5.41, 5.74) is 2.35. The molecule has 0 heterocycles. The monoisotopic (exact) mass is 310 g/mol. The molecular formula is C21H26O2. The molecular weight excluding hydrogens is 284 g/mol. The van der Waals surface area contributed by atoms with Crippen LogP contribution in [0.3, 0.4) is 0 Å². The highest BCUT2D eigenvalue weighted by Gasteiger charge is 2.58. The number of carbonyl (C=O) groups excluding carboxylic acids is 2. The van der Waals surface area contributed by atoms with E-state index in [-0.39, 0.29) is 22.4 Å². The number of ketones is 2. The van der Waals surface area contributed by atoms with E-state index >= 15 is 0 Å². The van der Waals surface area contributed by atoms with E-state index in [1.54, 1.807) is 6.08 Å². The minimum Gasteiger partial charge on any atom is -0.295 e. The highest BCUT2D eigenvalue weighted by atomic mass is 16.1. The van der Waals surface area contributed by atoms with Gasteiger partial charge in [-0.2, -0.15) is 0 Å². The number of fused-ring (bicyclic) bond motifs is 5. The van der Waals surface area contributed by atoms with Crippen LogP contribution in [0.1, 0.15) is 52.4 Å². The van der Waals surface area contributed by atoms with E-state index in [1.807, 2.05) is 6.08 Å². The summed E-state index contributed by atoms with van der Waals surface area (Å²) in [4.78, 5) is 24.7. The molecule has 2 nitrogen and oxygen atoms in total. The second kappa shape index (κ2) is 4.78. The molecule has 122 valence electrons. The second-order valence-electron chi connectivity index (χ2n) is 8.50. The Labute approximate surface area is 138 Å². The van der Waals surface area contributed by atoms with Crippen molar-refractivity contribution in [3.8, 4) is 0 Å². The van der Waals surface area contributed by atoms with E-state index in [4.69, 9.17) is 0 Å². The van der Waals surface area contributed by atoms with Gasteiger partial charge in [0.25, 0.3) is 0 Å². The first kappa shape index (κ1) is 15.1. The smallest absolute Gasteiger partial charge is 0.159 e. The number of allylic oxidation sites excluding steroid dienone is 5. The molecule has 0 radical (unpaired) electrons. The number of carbonyl (C=O) groups is 2. The van der Waals surface area contributed by atoms with Crippen molar-refractivity contribution in [1.29, 1.82) is 0 Å². The highest BCUT2D eigenvalue weighted by Crippen LogP contribution is 2.64. The van der Waals surface area contributed by atoms with Crippen molar-refractivity contribution in [2.75, 3.05) is 0 Å². The zero-order valence-corrected chi connectivity index (χ0v) is 14.2. The highest BCUT2D eigenvalue weighted by molar-refractivity contribution is 6.05. The predicted octanol–water partition coefficient (Wildman–Crippen LogP) is 4.42. The lowest BCUT2D eigenvalue weighted by Gasteiger charge is -2.57. The molecule has 2 heteroatoms. The molecule has 4 aliphatic rings. The zero-order chi connectivity index (χ0) is 16.4. The van der Waals surface area contributed by atoms with Gasteiger partial charge in [0.05, 0.1) is 0 Å². The average molecular weight is 310 g/mol. The summed E-state index contributed by atoms with van der Waals surface area (Å²) in [6, 6.07) is 0. The van der Waals surface area contributed by atoms with Crippen LogP contribution in [-0.2, 0) is 9.59 Å². The molecule has 0 saturated heterocycles. The third-order valence-electron chi connectivity index (χ3n) is 7.65. The third-order valence-corrected chi connectivity index (χ3v) is 7.65. The van der Waals surface area contributed by atoms with Crippen molar-refractivity contribution < 1.29 is 9.59 Å². The second-order valence-corrected chi connectivity index (χ2v) is 8.50. The van der Waals surface area contributed by atoms with Crippen LogP contribution in [0.5, 0.6) is 0 Å². The van der Waals surface area contributed by atoms with Gasteiger partial charge in [0.2, 0.25) is 0 Å². The van der Waals surface area contributed by atoms with Gasteiger partial charge < -0.3 is 0 Å². The van der Waals surface area contributed by atoms with Crippen molar-refractivity contribution in [3.05, 3.63) is 36.0 Å². The first-order valence-corrected chi connectivity index (χ1v) is 9.01. The Balaban J connectivity index is 1.74. The molecule has 2 saturated carbocycles. The minimum atomic E-state index is -0.0772. The molecule has 0 bridgehead atoms. The first-order valence-electron chi connectivity index (χ1n) is 9.01. The largest absolute Gasteiger partial charge is 0.295 e. The molecule has 23 heavy (non-hydrogen) atoms. The van der Waals surface area contributed by atoms with E-state index in [2.05, 4.69) is 26.5 Å². The molecule has 0 amide bonds. The maximum atomic E-state index is 12.8. The van der Waals surface area contributed by atoms with E-state index in [0.29, 0.717) is 30.6 Å². The van der Waals surface area contributed by atoms with Gasteiger partial charge in [-0.05, 0) is 65.9 Å². The molecule has 0 aromatic carbocycles. The van der Waals surface area contributed by atoms with Gasteiger partial charge in [-0.1, -0.05) is 32.6 Å². The summed E-state index contributed by atoms with van der Waals surface area (Å²) in [7, 11) is 0. The predicted molar refractivity (Wildman–Crippen MR) is 90.8 cm³/mol. The average Bonchev–Trinajstić information content (AvgIpc) is 2.86. The fourth-order valence-electron chi connectivity index (χ4n) is 6.30. The summed E-state index contributed by atoms with van der Waals surface area (Å²) < 4.78 is 0. The van der Waals surface area contributed by atoms with Gasteiger partial charge in [0.1, 0.15) is 0 Å².